The Kier molecular flexibility index (Phi) is 7.42. The van der Waals surface area contributed by atoms with Crippen LogP contribution < -0.4 is 4.90 Å². The molecule has 4 rings (SSSR count). The molecule has 6 nitrogen and oxygen atoms in total. The van der Waals surface area contributed by atoms with Crippen LogP contribution in [0.4, 0.5) is 10.1 Å². The minimum absolute atomic E-state index is 0.0172. The molecule has 0 spiro atoms. The topological polar surface area (TPSA) is 66.9 Å². The third-order valence-corrected chi connectivity index (χ3v) is 8.28. The highest BCUT2D eigenvalue weighted by Gasteiger charge is 2.31. The number of piperazine rings is 1. The number of rotatable bonds is 6. The Hall–Kier alpha value is -2.65. The number of hydrogen-bond acceptors (Lipinski definition) is 5. The van der Waals surface area contributed by atoms with Crippen molar-refractivity contribution >= 4 is 44.9 Å². The summed E-state index contributed by atoms with van der Waals surface area (Å²) in [7, 11) is -3.95. The molecule has 0 bridgehead atoms. The van der Waals surface area contributed by atoms with Crippen molar-refractivity contribution in [3.05, 3.63) is 93.7 Å². The van der Waals surface area contributed by atoms with Crippen LogP contribution in [0, 0.1) is 5.82 Å². The van der Waals surface area contributed by atoms with Crippen molar-refractivity contribution in [2.75, 3.05) is 31.1 Å². The van der Waals surface area contributed by atoms with Gasteiger partial charge in [-0.3, -0.25) is 0 Å². The van der Waals surface area contributed by atoms with Gasteiger partial charge in [0.15, 0.2) is 0 Å². The zero-order valence-corrected chi connectivity index (χ0v) is 20.3. The number of halogens is 3. The standard InChI is InChI=1S/C24H21Cl2FN2O4S/c25-21-4-2-1-3-18(21)16-33-24(30)17-5-10-22(26)23(15-17)34(31,32)29-13-11-28(12-14-29)20-8-6-19(27)7-9-20/h1-10,15H,11-14,16H2. The van der Waals surface area contributed by atoms with Crippen LogP contribution in [0.25, 0.3) is 0 Å². The first kappa shape index (κ1) is 24.5. The zero-order valence-electron chi connectivity index (χ0n) is 18.0. The first-order chi connectivity index (χ1) is 16.3. The molecule has 0 aromatic heterocycles. The van der Waals surface area contributed by atoms with Crippen molar-refractivity contribution < 1.29 is 22.3 Å². The van der Waals surface area contributed by atoms with Gasteiger partial charge in [0.1, 0.15) is 17.3 Å². The van der Waals surface area contributed by atoms with Gasteiger partial charge in [0.2, 0.25) is 10.0 Å². The summed E-state index contributed by atoms with van der Waals surface area (Å²) in [5, 5.41) is 0.484. The molecular formula is C24H21Cl2FN2O4S. The lowest BCUT2D eigenvalue weighted by atomic mass is 10.2. The quantitative estimate of drug-likeness (QED) is 0.426. The minimum Gasteiger partial charge on any atom is -0.457 e. The number of ether oxygens (including phenoxy) is 1. The molecule has 1 heterocycles. The fraction of sp³-hybridized carbons (Fsp3) is 0.208. The van der Waals surface area contributed by atoms with Crippen LogP contribution in [0.1, 0.15) is 15.9 Å². The highest BCUT2D eigenvalue weighted by molar-refractivity contribution is 7.89. The van der Waals surface area contributed by atoms with Gasteiger partial charge in [0.25, 0.3) is 0 Å². The summed E-state index contributed by atoms with van der Waals surface area (Å²) < 4.78 is 46.4. The van der Waals surface area contributed by atoms with E-state index in [1.807, 2.05) is 4.90 Å². The highest BCUT2D eigenvalue weighted by Crippen LogP contribution is 2.28. The van der Waals surface area contributed by atoms with Crippen molar-refractivity contribution in [3.8, 4) is 0 Å². The molecule has 0 saturated carbocycles. The number of hydrogen-bond donors (Lipinski definition) is 0. The maximum Gasteiger partial charge on any atom is 0.338 e. The molecule has 3 aromatic rings. The maximum atomic E-state index is 13.3. The number of sulfonamides is 1. The van der Waals surface area contributed by atoms with Crippen LogP contribution >= 0.6 is 23.2 Å². The number of nitrogens with zero attached hydrogens (tertiary/aromatic N) is 2. The zero-order chi connectivity index (χ0) is 24.3. The Balaban J connectivity index is 1.46. The van der Waals surface area contributed by atoms with Gasteiger partial charge in [-0.1, -0.05) is 41.4 Å². The van der Waals surface area contributed by atoms with E-state index in [0.29, 0.717) is 23.7 Å². The first-order valence-electron chi connectivity index (χ1n) is 10.5. The number of anilines is 1. The Labute approximate surface area is 207 Å². The Morgan fingerprint density at radius 2 is 1.59 bits per heavy atom. The molecule has 10 heteroatoms. The predicted molar refractivity (Wildman–Crippen MR) is 129 cm³/mol. The molecule has 1 fully saturated rings. The van der Waals surface area contributed by atoms with E-state index in [0.717, 1.165) is 5.69 Å². The lowest BCUT2D eigenvalue weighted by Crippen LogP contribution is -2.48. The predicted octanol–water partition coefficient (Wildman–Crippen LogP) is 5.00. The third kappa shape index (κ3) is 5.36. The molecule has 34 heavy (non-hydrogen) atoms. The molecule has 0 N–H and O–H groups in total. The summed E-state index contributed by atoms with van der Waals surface area (Å²) in [5.74, 6) is -1.01. The highest BCUT2D eigenvalue weighted by atomic mass is 35.5. The average molecular weight is 523 g/mol. The number of benzene rings is 3. The van der Waals surface area contributed by atoms with E-state index < -0.39 is 16.0 Å². The summed E-state index contributed by atoms with van der Waals surface area (Å²) in [6.07, 6.45) is 0. The van der Waals surface area contributed by atoms with Crippen LogP contribution in [0.5, 0.6) is 0 Å². The van der Waals surface area contributed by atoms with E-state index >= 15 is 0 Å². The molecule has 178 valence electrons. The molecular weight excluding hydrogens is 502 g/mol. The van der Waals surface area contributed by atoms with Crippen molar-refractivity contribution in [2.45, 2.75) is 11.5 Å². The second-order valence-corrected chi connectivity index (χ2v) is 10.4. The summed E-state index contributed by atoms with van der Waals surface area (Å²) in [6, 6.07) is 17.1. The third-order valence-electron chi connectivity index (χ3n) is 5.53. The van der Waals surface area contributed by atoms with Crippen molar-refractivity contribution in [3.63, 3.8) is 0 Å². The number of esters is 1. The average Bonchev–Trinajstić information content (AvgIpc) is 2.84. The molecule has 1 saturated heterocycles. The lowest BCUT2D eigenvalue weighted by Gasteiger charge is -2.35. The van der Waals surface area contributed by atoms with Crippen LogP contribution in [0.15, 0.2) is 71.6 Å². The Morgan fingerprint density at radius 3 is 2.26 bits per heavy atom. The minimum atomic E-state index is -3.95. The molecule has 1 aliphatic heterocycles. The first-order valence-corrected chi connectivity index (χ1v) is 12.7. The van der Waals surface area contributed by atoms with Crippen molar-refractivity contribution in [1.82, 2.24) is 4.31 Å². The Bertz CT molecular complexity index is 1290. The van der Waals surface area contributed by atoms with Gasteiger partial charge in [-0.15, -0.1) is 0 Å². The monoisotopic (exact) mass is 522 g/mol. The summed E-state index contributed by atoms with van der Waals surface area (Å²) in [6.45, 7) is 1.26. The summed E-state index contributed by atoms with van der Waals surface area (Å²) in [4.78, 5) is 14.4. The van der Waals surface area contributed by atoms with E-state index in [-0.39, 0.29) is 41.0 Å². The summed E-state index contributed by atoms with van der Waals surface area (Å²) >= 11 is 12.3. The molecule has 0 atom stereocenters. The second-order valence-electron chi connectivity index (χ2n) is 7.68. The van der Waals surface area contributed by atoms with Gasteiger partial charge < -0.3 is 9.64 Å². The van der Waals surface area contributed by atoms with E-state index in [9.17, 15) is 17.6 Å². The Morgan fingerprint density at radius 1 is 0.912 bits per heavy atom. The van der Waals surface area contributed by atoms with Gasteiger partial charge in [-0.2, -0.15) is 4.31 Å². The molecule has 0 unspecified atom stereocenters. The van der Waals surface area contributed by atoms with E-state index in [1.54, 1.807) is 36.4 Å². The van der Waals surface area contributed by atoms with Gasteiger partial charge >= 0.3 is 5.97 Å². The lowest BCUT2D eigenvalue weighted by molar-refractivity contribution is 0.0472. The number of carbonyl (C=O) groups is 1. The molecule has 1 aliphatic rings. The van der Waals surface area contributed by atoms with Crippen LogP contribution in [0.2, 0.25) is 10.0 Å². The summed E-state index contributed by atoms with van der Waals surface area (Å²) in [5.41, 5.74) is 1.53. The second kappa shape index (κ2) is 10.3. The fourth-order valence-corrected chi connectivity index (χ4v) is 5.76. The largest absolute Gasteiger partial charge is 0.457 e. The number of carbonyl (C=O) groups excluding carboxylic acids is 1. The van der Waals surface area contributed by atoms with Crippen molar-refractivity contribution in [2.24, 2.45) is 0 Å². The molecule has 0 aliphatic carbocycles. The van der Waals surface area contributed by atoms with Gasteiger partial charge in [-0.05, 0) is 48.5 Å². The van der Waals surface area contributed by atoms with Crippen molar-refractivity contribution in [1.29, 1.82) is 0 Å². The van der Waals surface area contributed by atoms with Gasteiger partial charge in [-0.25, -0.2) is 17.6 Å². The van der Waals surface area contributed by atoms with Gasteiger partial charge in [0.05, 0.1) is 10.6 Å². The van der Waals surface area contributed by atoms with E-state index in [4.69, 9.17) is 27.9 Å². The molecule has 0 radical (unpaired) electrons. The van der Waals surface area contributed by atoms with E-state index in [1.165, 1.54) is 34.6 Å². The van der Waals surface area contributed by atoms with Gasteiger partial charge in [0, 0.05) is 42.5 Å². The molecule has 0 amide bonds. The van der Waals surface area contributed by atoms with Crippen LogP contribution in [-0.2, 0) is 21.4 Å². The van der Waals surface area contributed by atoms with E-state index in [2.05, 4.69) is 0 Å². The van der Waals surface area contributed by atoms with Crippen LogP contribution in [0.3, 0.4) is 0 Å². The smallest absolute Gasteiger partial charge is 0.338 e. The fourth-order valence-electron chi connectivity index (χ4n) is 3.65. The molecule has 3 aromatic carbocycles. The maximum absolute atomic E-state index is 13.3. The normalized spacial score (nSPS) is 14.7. The van der Waals surface area contributed by atoms with Crippen LogP contribution in [-0.4, -0.2) is 44.9 Å². The SMILES string of the molecule is O=C(OCc1ccccc1Cl)c1ccc(Cl)c(S(=O)(=O)N2CCN(c3ccc(F)cc3)CC2)c1.